The van der Waals surface area contributed by atoms with Crippen LogP contribution in [0.1, 0.15) is 27.2 Å². The molecule has 0 heterocycles. The van der Waals surface area contributed by atoms with Crippen molar-refractivity contribution >= 4 is 20.2 Å². The molecule has 1 rings (SSSR count). The Morgan fingerprint density at radius 2 is 1.48 bits per heavy atom. The third-order valence-corrected chi connectivity index (χ3v) is 6.14. The molecule has 0 aliphatic heterocycles. The molecule has 0 bridgehead atoms. The summed E-state index contributed by atoms with van der Waals surface area (Å²) in [6.07, 6.45) is 0.941. The first-order valence-corrected chi connectivity index (χ1v) is 9.60. The van der Waals surface area contributed by atoms with Crippen LogP contribution in [-0.4, -0.2) is 35.2 Å². The van der Waals surface area contributed by atoms with Crippen LogP contribution in [0.4, 0.5) is 11.4 Å². The standard InChI is InChI=1S/C15H28N2O3Si/c1-4-18-21(19-5-2,20-6-3)13-7-12-17-15-10-8-14(16)9-11-15/h8-11,17H,4-7,12-13,16H2,1-3H3. The van der Waals surface area contributed by atoms with E-state index in [0.29, 0.717) is 19.8 Å². The summed E-state index contributed by atoms with van der Waals surface area (Å²) in [5.41, 5.74) is 7.51. The van der Waals surface area contributed by atoms with Gasteiger partial charge in [0.2, 0.25) is 0 Å². The van der Waals surface area contributed by atoms with Crippen molar-refractivity contribution in [2.45, 2.75) is 33.2 Å². The lowest BCUT2D eigenvalue weighted by Gasteiger charge is -2.28. The van der Waals surface area contributed by atoms with E-state index in [-0.39, 0.29) is 0 Å². The summed E-state index contributed by atoms with van der Waals surface area (Å²) in [5.74, 6) is 0. The summed E-state index contributed by atoms with van der Waals surface area (Å²) in [5, 5.41) is 3.37. The first-order valence-electron chi connectivity index (χ1n) is 7.67. The molecular formula is C15H28N2O3Si. The second-order valence-corrected chi connectivity index (χ2v) is 7.37. The number of hydrogen-bond donors (Lipinski definition) is 2. The second-order valence-electron chi connectivity index (χ2n) is 4.63. The molecule has 0 aliphatic carbocycles. The summed E-state index contributed by atoms with van der Waals surface area (Å²) in [4.78, 5) is 0. The van der Waals surface area contributed by atoms with Crippen LogP contribution in [0, 0.1) is 0 Å². The van der Waals surface area contributed by atoms with E-state index in [2.05, 4.69) is 5.32 Å². The molecule has 1 aromatic rings. The van der Waals surface area contributed by atoms with Gasteiger partial charge in [-0.3, -0.25) is 0 Å². The van der Waals surface area contributed by atoms with E-state index in [0.717, 1.165) is 30.4 Å². The minimum Gasteiger partial charge on any atom is -0.399 e. The molecule has 120 valence electrons. The van der Waals surface area contributed by atoms with Gasteiger partial charge in [-0.25, -0.2) is 0 Å². The molecule has 0 aliphatic rings. The molecule has 1 aromatic carbocycles. The average molecular weight is 312 g/mol. The summed E-state index contributed by atoms with van der Waals surface area (Å²) in [7, 11) is -2.50. The largest absolute Gasteiger partial charge is 0.500 e. The predicted molar refractivity (Wildman–Crippen MR) is 89.4 cm³/mol. The van der Waals surface area contributed by atoms with Gasteiger partial charge in [0, 0.05) is 43.8 Å². The average Bonchev–Trinajstić information content (AvgIpc) is 2.46. The van der Waals surface area contributed by atoms with Gasteiger partial charge < -0.3 is 24.3 Å². The van der Waals surface area contributed by atoms with Crippen molar-refractivity contribution in [2.24, 2.45) is 0 Å². The molecule has 0 spiro atoms. The molecule has 0 saturated carbocycles. The van der Waals surface area contributed by atoms with Crippen molar-refractivity contribution < 1.29 is 13.3 Å². The van der Waals surface area contributed by atoms with Gasteiger partial charge in [0.1, 0.15) is 0 Å². The van der Waals surface area contributed by atoms with E-state index in [1.54, 1.807) is 0 Å². The fraction of sp³-hybridized carbons (Fsp3) is 0.600. The van der Waals surface area contributed by atoms with E-state index in [9.17, 15) is 0 Å². The summed E-state index contributed by atoms with van der Waals surface area (Å²) < 4.78 is 17.5. The van der Waals surface area contributed by atoms with Crippen LogP contribution in [-0.2, 0) is 13.3 Å². The lowest BCUT2D eigenvalue weighted by Crippen LogP contribution is -2.46. The Morgan fingerprint density at radius 1 is 0.952 bits per heavy atom. The number of hydrogen-bond acceptors (Lipinski definition) is 5. The van der Waals surface area contributed by atoms with Crippen LogP contribution in [0.3, 0.4) is 0 Å². The highest BCUT2D eigenvalue weighted by molar-refractivity contribution is 6.60. The van der Waals surface area contributed by atoms with Crippen molar-refractivity contribution in [1.29, 1.82) is 0 Å². The number of rotatable bonds is 11. The molecular weight excluding hydrogens is 284 g/mol. The SMILES string of the molecule is CCO[Si](CCCNc1ccc(N)cc1)(OCC)OCC. The van der Waals surface area contributed by atoms with Gasteiger partial charge in [0.25, 0.3) is 0 Å². The Bertz CT molecular complexity index is 370. The van der Waals surface area contributed by atoms with Gasteiger partial charge >= 0.3 is 8.80 Å². The maximum Gasteiger partial charge on any atom is 0.500 e. The monoisotopic (exact) mass is 312 g/mol. The minimum atomic E-state index is -2.50. The highest BCUT2D eigenvalue weighted by atomic mass is 28.4. The van der Waals surface area contributed by atoms with E-state index in [1.807, 2.05) is 45.0 Å². The lowest BCUT2D eigenvalue weighted by molar-refractivity contribution is 0.0710. The first kappa shape index (κ1) is 18.0. The Kier molecular flexibility index (Phi) is 8.37. The van der Waals surface area contributed by atoms with Crippen LogP contribution >= 0.6 is 0 Å². The molecule has 0 saturated heterocycles. The predicted octanol–water partition coefficient (Wildman–Crippen LogP) is 3.12. The Hall–Kier alpha value is -1.08. The van der Waals surface area contributed by atoms with Crippen molar-refractivity contribution in [3.8, 4) is 0 Å². The minimum absolute atomic E-state index is 0.623. The second kappa shape index (κ2) is 9.78. The number of nitrogens with one attached hydrogen (secondary N) is 1. The third kappa shape index (κ3) is 6.47. The van der Waals surface area contributed by atoms with Gasteiger partial charge in [0.05, 0.1) is 0 Å². The van der Waals surface area contributed by atoms with Gasteiger partial charge in [-0.15, -0.1) is 0 Å². The number of anilines is 2. The van der Waals surface area contributed by atoms with Gasteiger partial charge in [0.15, 0.2) is 0 Å². The summed E-state index contributed by atoms with van der Waals surface area (Å²) in [6, 6.07) is 8.57. The van der Waals surface area contributed by atoms with Gasteiger partial charge in [-0.1, -0.05) is 0 Å². The Labute approximate surface area is 129 Å². The molecule has 6 heteroatoms. The summed E-state index contributed by atoms with van der Waals surface area (Å²) >= 11 is 0. The van der Waals surface area contributed by atoms with Crippen LogP contribution in [0.25, 0.3) is 0 Å². The maximum atomic E-state index is 5.83. The first-order chi connectivity index (χ1) is 10.2. The van der Waals surface area contributed by atoms with Crippen LogP contribution in [0.5, 0.6) is 0 Å². The van der Waals surface area contributed by atoms with E-state index >= 15 is 0 Å². The molecule has 0 amide bonds. The zero-order valence-corrected chi connectivity index (χ0v) is 14.4. The topological polar surface area (TPSA) is 65.7 Å². The highest BCUT2D eigenvalue weighted by Gasteiger charge is 2.39. The third-order valence-electron chi connectivity index (χ3n) is 2.99. The highest BCUT2D eigenvalue weighted by Crippen LogP contribution is 2.18. The molecule has 5 nitrogen and oxygen atoms in total. The van der Waals surface area contributed by atoms with Crippen LogP contribution < -0.4 is 11.1 Å². The van der Waals surface area contributed by atoms with Gasteiger partial charge in [-0.2, -0.15) is 0 Å². The van der Waals surface area contributed by atoms with Crippen LogP contribution in [0.2, 0.25) is 6.04 Å². The van der Waals surface area contributed by atoms with E-state index in [1.165, 1.54) is 0 Å². The fourth-order valence-corrected chi connectivity index (χ4v) is 4.75. The maximum absolute atomic E-state index is 5.83. The molecule has 0 fully saturated rings. The normalized spacial score (nSPS) is 11.6. The van der Waals surface area contributed by atoms with Crippen LogP contribution in [0.15, 0.2) is 24.3 Å². The Balaban J connectivity index is 2.43. The zero-order valence-electron chi connectivity index (χ0n) is 13.4. The number of nitrogen functional groups attached to an aromatic ring is 1. The quantitative estimate of drug-likeness (QED) is 0.373. The van der Waals surface area contributed by atoms with Crippen molar-refractivity contribution in [3.63, 3.8) is 0 Å². The number of nitrogens with two attached hydrogens (primary N) is 1. The van der Waals surface area contributed by atoms with E-state index in [4.69, 9.17) is 19.0 Å². The van der Waals surface area contributed by atoms with Crippen molar-refractivity contribution in [1.82, 2.24) is 0 Å². The smallest absolute Gasteiger partial charge is 0.399 e. The lowest BCUT2D eigenvalue weighted by atomic mass is 10.3. The van der Waals surface area contributed by atoms with Crippen molar-refractivity contribution in [2.75, 3.05) is 37.4 Å². The summed E-state index contributed by atoms with van der Waals surface area (Å²) in [6.45, 7) is 8.66. The molecule has 0 aromatic heterocycles. The molecule has 0 atom stereocenters. The zero-order chi connectivity index (χ0) is 15.6. The van der Waals surface area contributed by atoms with Crippen molar-refractivity contribution in [3.05, 3.63) is 24.3 Å². The number of benzene rings is 1. The van der Waals surface area contributed by atoms with Gasteiger partial charge in [-0.05, 0) is 51.5 Å². The van der Waals surface area contributed by atoms with E-state index < -0.39 is 8.80 Å². The molecule has 0 radical (unpaired) electrons. The fourth-order valence-electron chi connectivity index (χ4n) is 2.14. The molecule has 3 N–H and O–H groups in total. The molecule has 21 heavy (non-hydrogen) atoms. The molecule has 0 unspecified atom stereocenters. The Morgan fingerprint density at radius 3 is 1.95 bits per heavy atom.